The van der Waals surface area contributed by atoms with E-state index in [4.69, 9.17) is 18.9 Å². The summed E-state index contributed by atoms with van der Waals surface area (Å²) in [6, 6.07) is 8.19. The van der Waals surface area contributed by atoms with Gasteiger partial charge in [-0.15, -0.1) is 0 Å². The number of halogens is 12. The molecule has 0 bridgehead atoms. The Kier molecular flexibility index (Phi) is 23.6. The quantitative estimate of drug-likeness (QED) is 0.0442. The fourth-order valence-corrected chi connectivity index (χ4v) is 16.7. The fourth-order valence-electron chi connectivity index (χ4n) is 16.7. The van der Waals surface area contributed by atoms with Crippen LogP contribution in [-0.4, -0.2) is 198 Å². The van der Waals surface area contributed by atoms with E-state index in [1.54, 1.807) is 42.4 Å². The zero-order valence-electron chi connectivity index (χ0n) is 70.3. The molecular weight excluding hydrogens is 1730 g/mol. The standard InChI is InChI=1S/C23H24F3N5O3.C22H22F3N5O3.C21H20F3N5O3.C20H20F3N5O3/c1-13-18(19-28-9-15(14-3-4-14)11-31(19)30-13)20(32)29-22(7-8-34-12-21(22,2)33)17-6-5-16(10-27-17)23(24,25)26;1-20(32)12-33-7-6-21(20,17-5-4-15(9-26-17)22(23,24)25)29-19(31)16-10-28-30-11-14(13-2-3-13)8-27-18(16)30;1-19(31)10-32-11-20(19,16-5-4-14(7-25-16)21(22,23)24)28-18(30)15-8-27-29-9-13(12-2-3-12)6-26-17(15)29;1-12-7-25-16-14(9-26-28(16)10-12)17(29)27-19(5-6-31-11-18(19,2)30)15-4-3-13(8-24-15)20(21,22)23/h5-6,9-11,14,33H,3-4,7-8,12H2,1-2H3,(H,29,32);4-5,8-11,13,32H,2-3,6-7,12H2,1H3,(H,29,31);4-9,12,31H,2-3,10-11H2,1H3,(H,28,30);3-4,7-10,30H,5-6,11H2,1-2H3,(H,27,29). The van der Waals surface area contributed by atoms with Crippen molar-refractivity contribution in [2.45, 2.75) is 186 Å². The van der Waals surface area contributed by atoms with Crippen molar-refractivity contribution in [2.24, 2.45) is 0 Å². The molecule has 3 aliphatic carbocycles. The summed E-state index contributed by atoms with van der Waals surface area (Å²) < 4.78 is 184. The van der Waals surface area contributed by atoms with Gasteiger partial charge in [0.2, 0.25) is 0 Å². The number of hydrogen-bond acceptors (Lipinski definition) is 24. The molecule has 4 aliphatic heterocycles. The van der Waals surface area contributed by atoms with E-state index in [1.165, 1.54) is 78.0 Å². The van der Waals surface area contributed by atoms with E-state index in [0.29, 0.717) is 70.8 Å². The average Bonchev–Trinajstić information content (AvgIpc) is 0.976. The Morgan fingerprint density at radius 1 is 0.354 bits per heavy atom. The molecule has 0 aromatic carbocycles. The van der Waals surface area contributed by atoms with Crippen molar-refractivity contribution < 1.29 is 111 Å². The smallest absolute Gasteiger partial charge is 0.385 e. The zero-order chi connectivity index (χ0) is 92.9. The number of carbonyl (C=O) groups is 4. The number of ether oxygens (including phenoxy) is 4. The number of aliphatic hydroxyl groups is 4. The molecule has 0 radical (unpaired) electrons. The Hall–Kier alpha value is -12.2. The summed E-state index contributed by atoms with van der Waals surface area (Å²) in [4.78, 5) is 86.7. The normalized spacial score (nSPS) is 25.4. The summed E-state index contributed by atoms with van der Waals surface area (Å²) in [6.07, 6.45) is 9.58. The molecule has 12 aromatic heterocycles. The van der Waals surface area contributed by atoms with Gasteiger partial charge in [0, 0.05) is 113 Å². The van der Waals surface area contributed by atoms with Crippen LogP contribution >= 0.6 is 0 Å². The van der Waals surface area contributed by atoms with E-state index in [1.807, 2.05) is 25.5 Å². The Morgan fingerprint density at radius 3 is 0.954 bits per heavy atom. The van der Waals surface area contributed by atoms with Crippen LogP contribution in [0.15, 0.2) is 141 Å². The van der Waals surface area contributed by atoms with Gasteiger partial charge in [0.25, 0.3) is 23.6 Å². The zero-order valence-corrected chi connectivity index (χ0v) is 70.3. The monoisotopic (exact) mass is 1820 g/mol. The molecule has 7 fully saturated rings. The number of hydrogen-bond donors (Lipinski definition) is 8. The SMILES string of the molecule is CC1(O)COCC1(NC(=O)c1cnn2cc(C3CC3)cnc12)c1ccc(C(F)(F)F)cn1.CC1(O)COCCC1(NC(=O)c1cnn2cc(C3CC3)cnc12)c1ccc(C(F)(F)F)cn1.Cc1cnc2c(C(=O)NC3(c4ccc(C(F)(F)F)cn4)CCOCC3(C)O)cnn2c1.Cc1nn2cc(C3CC3)cnc2c1C(=O)NC1(c2ccc(C(F)(F)F)cn2)CCOCC1(C)O. The summed E-state index contributed by atoms with van der Waals surface area (Å²) in [5.41, 5.74) is -9.31. The highest BCUT2D eigenvalue weighted by molar-refractivity contribution is 6.03. The maximum atomic E-state index is 13.6. The largest absolute Gasteiger partial charge is 0.417 e. The van der Waals surface area contributed by atoms with Crippen molar-refractivity contribution in [3.05, 3.63) is 237 Å². The number of fused-ring (bicyclic) bond motifs is 4. The van der Waals surface area contributed by atoms with E-state index in [9.17, 15) is 92.3 Å². The molecule has 0 spiro atoms. The van der Waals surface area contributed by atoms with Gasteiger partial charge in [-0.25, -0.2) is 38.0 Å². The van der Waals surface area contributed by atoms with E-state index in [-0.39, 0.29) is 117 Å². The molecule has 8 N–H and O–H groups in total. The maximum absolute atomic E-state index is 13.6. The molecule has 4 saturated heterocycles. The van der Waals surface area contributed by atoms with Crippen LogP contribution in [0.1, 0.15) is 218 Å². The lowest BCUT2D eigenvalue weighted by atomic mass is 9.74. The second-order valence-corrected chi connectivity index (χ2v) is 34.5. The van der Waals surface area contributed by atoms with E-state index in [2.05, 4.69) is 81.5 Å². The van der Waals surface area contributed by atoms with Gasteiger partial charge in [-0.3, -0.25) is 39.1 Å². The summed E-state index contributed by atoms with van der Waals surface area (Å²) in [5.74, 6) is -0.911. The molecule has 3 saturated carbocycles. The third-order valence-corrected chi connectivity index (χ3v) is 24.8. The Bertz CT molecular complexity index is 6270. The number of rotatable bonds is 15. The van der Waals surface area contributed by atoms with Gasteiger partial charge in [-0.05, 0) is 169 Å². The van der Waals surface area contributed by atoms with Crippen molar-refractivity contribution in [3.8, 4) is 0 Å². The topological polar surface area (TPSA) is 407 Å². The van der Waals surface area contributed by atoms with Crippen LogP contribution in [0.2, 0.25) is 0 Å². The van der Waals surface area contributed by atoms with Gasteiger partial charge in [-0.1, -0.05) is 0 Å². The molecule has 130 heavy (non-hydrogen) atoms. The van der Waals surface area contributed by atoms with Gasteiger partial charge in [-0.2, -0.15) is 73.1 Å². The highest BCUT2D eigenvalue weighted by Crippen LogP contribution is 2.48. The van der Waals surface area contributed by atoms with Gasteiger partial charge < -0.3 is 60.6 Å². The molecule has 7 aliphatic rings. The Balaban J connectivity index is 0.000000127. The molecule has 8 unspecified atom stereocenters. The average molecular weight is 1820 g/mol. The Morgan fingerprint density at radius 2 is 0.646 bits per heavy atom. The molecule has 32 nitrogen and oxygen atoms in total. The number of carbonyl (C=O) groups excluding carboxylic acids is 4. The lowest BCUT2D eigenvalue weighted by molar-refractivity contribution is -0.141. The molecule has 16 heterocycles. The van der Waals surface area contributed by atoms with E-state index in [0.717, 1.165) is 91.1 Å². The molecule has 19 rings (SSSR count). The first-order chi connectivity index (χ1) is 61.3. The van der Waals surface area contributed by atoms with Crippen LogP contribution in [0.5, 0.6) is 0 Å². The third-order valence-electron chi connectivity index (χ3n) is 24.8. The lowest BCUT2D eigenvalue weighted by Crippen LogP contribution is -2.65. The minimum atomic E-state index is -4.56. The minimum Gasteiger partial charge on any atom is -0.385 e. The first-order valence-electron chi connectivity index (χ1n) is 41.2. The predicted octanol–water partition coefficient (Wildman–Crippen LogP) is 10.6. The van der Waals surface area contributed by atoms with Crippen LogP contribution in [0, 0.1) is 13.8 Å². The maximum Gasteiger partial charge on any atom is 0.417 e. The third kappa shape index (κ3) is 17.6. The van der Waals surface area contributed by atoms with E-state index < -0.39 is 115 Å². The van der Waals surface area contributed by atoms with Crippen molar-refractivity contribution in [1.29, 1.82) is 0 Å². The van der Waals surface area contributed by atoms with Crippen LogP contribution in [0.25, 0.3) is 22.6 Å². The predicted molar refractivity (Wildman–Crippen MR) is 431 cm³/mol. The fraction of sp³-hybridized carbons (Fsp3) is 0.442. The van der Waals surface area contributed by atoms with Crippen molar-refractivity contribution in [1.82, 2.24) is 99.6 Å². The summed E-state index contributed by atoms with van der Waals surface area (Å²) in [7, 11) is 0. The second-order valence-electron chi connectivity index (χ2n) is 34.5. The molecule has 12 aromatic rings. The minimum absolute atomic E-state index is 0.0572. The van der Waals surface area contributed by atoms with Gasteiger partial charge >= 0.3 is 24.7 Å². The number of aromatic nitrogens is 16. The highest BCUT2D eigenvalue weighted by Gasteiger charge is 2.59. The van der Waals surface area contributed by atoms with Crippen LogP contribution in [0.4, 0.5) is 52.7 Å². The number of nitrogens with zero attached hydrogens (tertiary/aromatic N) is 16. The molecule has 44 heteroatoms. The molecule has 686 valence electrons. The molecule has 8 atom stereocenters. The number of amides is 4. The van der Waals surface area contributed by atoms with Crippen molar-refractivity contribution in [3.63, 3.8) is 0 Å². The summed E-state index contributed by atoms with van der Waals surface area (Å²) >= 11 is 0. The Labute approximate surface area is 730 Å². The van der Waals surface area contributed by atoms with Crippen LogP contribution in [0.3, 0.4) is 0 Å². The number of nitrogens with one attached hydrogen (secondary N) is 4. The highest BCUT2D eigenvalue weighted by atomic mass is 19.4. The van der Waals surface area contributed by atoms with Crippen molar-refractivity contribution >= 4 is 46.2 Å². The second kappa shape index (κ2) is 33.6. The number of aryl methyl sites for hydroxylation is 2. The molecule has 4 amide bonds. The van der Waals surface area contributed by atoms with Crippen LogP contribution < -0.4 is 21.3 Å². The first kappa shape index (κ1) is 91.1. The summed E-state index contributed by atoms with van der Waals surface area (Å²) in [5, 5.41) is 72.9. The number of pyridine rings is 4. The van der Waals surface area contributed by atoms with Crippen molar-refractivity contribution in [2.75, 3.05) is 52.9 Å². The first-order valence-corrected chi connectivity index (χ1v) is 41.2. The van der Waals surface area contributed by atoms with Gasteiger partial charge in [0.05, 0.1) is 102 Å². The lowest BCUT2D eigenvalue weighted by Gasteiger charge is -2.48. The summed E-state index contributed by atoms with van der Waals surface area (Å²) in [6.45, 7) is 9.16. The van der Waals surface area contributed by atoms with Gasteiger partial charge in [0.15, 0.2) is 22.6 Å². The van der Waals surface area contributed by atoms with Crippen LogP contribution in [-0.2, 0) is 65.8 Å². The number of alkyl halides is 12. The van der Waals surface area contributed by atoms with E-state index >= 15 is 0 Å². The molecular formula is C86H86F12N20O12. The van der Waals surface area contributed by atoms with Gasteiger partial charge in [0.1, 0.15) is 66.8 Å².